The molecule has 1 aromatic heterocycles. The van der Waals surface area contributed by atoms with Gasteiger partial charge in [-0.15, -0.1) is 0 Å². The fraction of sp³-hybridized carbons (Fsp3) is 0.583. The molecule has 0 spiro atoms. The van der Waals surface area contributed by atoms with E-state index in [9.17, 15) is 15.2 Å². The van der Waals surface area contributed by atoms with E-state index in [4.69, 9.17) is 4.74 Å². The molecule has 1 unspecified atom stereocenters. The summed E-state index contributed by atoms with van der Waals surface area (Å²) >= 11 is 0. The predicted molar refractivity (Wildman–Crippen MR) is 76.0 cm³/mol. The highest BCUT2D eigenvalue weighted by atomic mass is 16.6. The second kappa shape index (κ2) is 8.28. The van der Waals surface area contributed by atoms with Gasteiger partial charge in [-0.1, -0.05) is 6.92 Å². The first-order valence-corrected chi connectivity index (χ1v) is 6.38. The number of ether oxygens (including phenoxy) is 1. The van der Waals surface area contributed by atoms with Crippen LogP contribution < -0.4 is 10.6 Å². The van der Waals surface area contributed by atoms with E-state index in [0.29, 0.717) is 18.2 Å². The van der Waals surface area contributed by atoms with Gasteiger partial charge < -0.3 is 20.5 Å². The molecule has 0 bridgehead atoms. The van der Waals surface area contributed by atoms with Gasteiger partial charge in [0.15, 0.2) is 0 Å². The van der Waals surface area contributed by atoms with Crippen LogP contribution in [0.15, 0.2) is 12.1 Å². The van der Waals surface area contributed by atoms with Crippen molar-refractivity contribution in [3.63, 3.8) is 0 Å². The van der Waals surface area contributed by atoms with Gasteiger partial charge in [0.1, 0.15) is 11.6 Å². The van der Waals surface area contributed by atoms with Crippen LogP contribution in [0.1, 0.15) is 13.3 Å². The van der Waals surface area contributed by atoms with Crippen LogP contribution in [0.4, 0.5) is 17.3 Å². The smallest absolute Gasteiger partial charge is 0.276 e. The molecule has 0 radical (unpaired) electrons. The Morgan fingerprint density at radius 2 is 2.10 bits per heavy atom. The van der Waals surface area contributed by atoms with E-state index in [2.05, 4.69) is 15.6 Å². The molecule has 8 heteroatoms. The van der Waals surface area contributed by atoms with Crippen molar-refractivity contribution >= 4 is 17.3 Å². The van der Waals surface area contributed by atoms with Gasteiger partial charge in [0.2, 0.25) is 0 Å². The number of nitrogens with one attached hydrogen (secondary N) is 2. The first-order chi connectivity index (χ1) is 9.56. The second-order valence-electron chi connectivity index (χ2n) is 4.27. The van der Waals surface area contributed by atoms with Gasteiger partial charge in [-0.2, -0.15) is 0 Å². The molecule has 112 valence electrons. The molecule has 3 N–H and O–H groups in total. The molecular formula is C12H20N4O4. The van der Waals surface area contributed by atoms with Crippen LogP contribution in [-0.2, 0) is 4.74 Å². The summed E-state index contributed by atoms with van der Waals surface area (Å²) in [7, 11) is 1.49. The SMILES string of the molecule is CCCNc1cc([N+](=O)[O-])cc(NCC(O)COC)n1. The Hall–Kier alpha value is -1.93. The van der Waals surface area contributed by atoms with Gasteiger partial charge in [0, 0.05) is 20.2 Å². The fourth-order valence-corrected chi connectivity index (χ4v) is 1.53. The summed E-state index contributed by atoms with van der Waals surface area (Å²) in [5.74, 6) is 0.776. The second-order valence-corrected chi connectivity index (χ2v) is 4.27. The lowest BCUT2D eigenvalue weighted by Gasteiger charge is -2.12. The molecular weight excluding hydrogens is 264 g/mol. The predicted octanol–water partition coefficient (Wildman–Crippen LogP) is 1.23. The summed E-state index contributed by atoms with van der Waals surface area (Å²) in [5, 5.41) is 26.3. The maximum Gasteiger partial charge on any atom is 0.276 e. The van der Waals surface area contributed by atoms with Gasteiger partial charge >= 0.3 is 0 Å². The highest BCUT2D eigenvalue weighted by Crippen LogP contribution is 2.20. The molecule has 0 saturated carbocycles. The number of nitrogens with zero attached hydrogens (tertiary/aromatic N) is 2. The number of rotatable bonds is 9. The lowest BCUT2D eigenvalue weighted by molar-refractivity contribution is -0.384. The number of methoxy groups -OCH3 is 1. The average molecular weight is 284 g/mol. The van der Waals surface area contributed by atoms with Crippen LogP contribution in [0.3, 0.4) is 0 Å². The van der Waals surface area contributed by atoms with Gasteiger partial charge in [-0.05, 0) is 6.42 Å². The summed E-state index contributed by atoms with van der Waals surface area (Å²) in [6.07, 6.45) is 0.188. The third kappa shape index (κ3) is 5.37. The van der Waals surface area contributed by atoms with Crippen molar-refractivity contribution in [1.29, 1.82) is 0 Å². The van der Waals surface area contributed by atoms with E-state index in [0.717, 1.165) is 6.42 Å². The lowest BCUT2D eigenvalue weighted by Crippen LogP contribution is -2.24. The van der Waals surface area contributed by atoms with Gasteiger partial charge in [0.05, 0.1) is 29.8 Å². The number of anilines is 2. The van der Waals surface area contributed by atoms with E-state index in [1.165, 1.54) is 19.2 Å². The topological polar surface area (TPSA) is 110 Å². The van der Waals surface area contributed by atoms with Crippen molar-refractivity contribution in [2.75, 3.05) is 37.4 Å². The zero-order valence-corrected chi connectivity index (χ0v) is 11.6. The van der Waals surface area contributed by atoms with Crippen LogP contribution >= 0.6 is 0 Å². The standard InChI is InChI=1S/C12H20N4O4/c1-3-4-13-11-5-9(16(18)19)6-12(15-11)14-7-10(17)8-20-2/h5-6,10,17H,3-4,7-8H2,1-2H3,(H2,13,14,15). The van der Waals surface area contributed by atoms with E-state index >= 15 is 0 Å². The van der Waals surface area contributed by atoms with Crippen LogP contribution in [0, 0.1) is 10.1 Å². The molecule has 1 rings (SSSR count). The van der Waals surface area contributed by atoms with Crippen LogP contribution in [-0.4, -0.2) is 47.9 Å². The summed E-state index contributed by atoms with van der Waals surface area (Å²) in [6.45, 7) is 3.06. The van der Waals surface area contributed by atoms with Gasteiger partial charge in [-0.25, -0.2) is 4.98 Å². The van der Waals surface area contributed by atoms with Crippen LogP contribution in [0.5, 0.6) is 0 Å². The Bertz CT molecular complexity index is 441. The normalized spacial score (nSPS) is 11.9. The molecule has 1 atom stereocenters. The molecule has 1 aromatic rings. The number of aromatic nitrogens is 1. The van der Waals surface area contributed by atoms with Crippen molar-refractivity contribution in [3.8, 4) is 0 Å². The number of hydrogen-bond donors (Lipinski definition) is 3. The molecule has 0 aliphatic rings. The minimum absolute atomic E-state index is 0.0534. The average Bonchev–Trinajstić information content (AvgIpc) is 2.43. The third-order valence-electron chi connectivity index (χ3n) is 2.45. The maximum atomic E-state index is 10.9. The molecule has 0 amide bonds. The monoisotopic (exact) mass is 284 g/mol. The van der Waals surface area contributed by atoms with Crippen LogP contribution in [0.25, 0.3) is 0 Å². The number of aliphatic hydroxyl groups excluding tert-OH is 1. The summed E-state index contributed by atoms with van der Waals surface area (Å²) in [4.78, 5) is 14.6. The lowest BCUT2D eigenvalue weighted by atomic mass is 10.3. The van der Waals surface area contributed by atoms with Crippen LogP contribution in [0.2, 0.25) is 0 Å². The Morgan fingerprint density at radius 3 is 2.65 bits per heavy atom. The Kier molecular flexibility index (Phi) is 6.68. The van der Waals surface area contributed by atoms with Crippen molar-refractivity contribution in [2.24, 2.45) is 0 Å². The van der Waals surface area contributed by atoms with Crippen molar-refractivity contribution in [2.45, 2.75) is 19.4 Å². The largest absolute Gasteiger partial charge is 0.389 e. The Balaban J connectivity index is 2.77. The molecule has 8 nitrogen and oxygen atoms in total. The Morgan fingerprint density at radius 1 is 1.45 bits per heavy atom. The van der Waals surface area contributed by atoms with E-state index in [1.807, 2.05) is 6.92 Å². The molecule has 0 aliphatic carbocycles. The van der Waals surface area contributed by atoms with Crippen molar-refractivity contribution in [3.05, 3.63) is 22.2 Å². The quantitative estimate of drug-likeness (QED) is 0.462. The minimum atomic E-state index is -0.701. The first-order valence-electron chi connectivity index (χ1n) is 6.38. The number of aliphatic hydroxyl groups is 1. The fourth-order valence-electron chi connectivity index (χ4n) is 1.53. The molecule has 1 heterocycles. The van der Waals surface area contributed by atoms with E-state index < -0.39 is 11.0 Å². The molecule has 0 fully saturated rings. The zero-order valence-electron chi connectivity index (χ0n) is 11.6. The highest BCUT2D eigenvalue weighted by molar-refractivity contribution is 5.54. The summed E-state index contributed by atoms with van der Waals surface area (Å²) in [6, 6.07) is 2.71. The molecule has 0 saturated heterocycles. The third-order valence-corrected chi connectivity index (χ3v) is 2.45. The minimum Gasteiger partial charge on any atom is -0.389 e. The Labute approximate surface area is 117 Å². The van der Waals surface area contributed by atoms with Gasteiger partial charge in [0.25, 0.3) is 5.69 Å². The van der Waals surface area contributed by atoms with Gasteiger partial charge in [-0.3, -0.25) is 10.1 Å². The molecule has 20 heavy (non-hydrogen) atoms. The summed E-state index contributed by atoms with van der Waals surface area (Å²) in [5.41, 5.74) is -0.0534. The number of hydrogen-bond acceptors (Lipinski definition) is 7. The summed E-state index contributed by atoms with van der Waals surface area (Å²) < 4.78 is 4.80. The zero-order chi connectivity index (χ0) is 15.0. The van der Waals surface area contributed by atoms with E-state index in [1.54, 1.807) is 0 Å². The number of pyridine rings is 1. The highest BCUT2D eigenvalue weighted by Gasteiger charge is 2.12. The maximum absolute atomic E-state index is 10.9. The molecule has 0 aliphatic heterocycles. The number of nitro groups is 1. The first kappa shape index (κ1) is 16.1. The van der Waals surface area contributed by atoms with Crippen molar-refractivity contribution < 1.29 is 14.8 Å². The molecule has 0 aromatic carbocycles. The van der Waals surface area contributed by atoms with E-state index in [-0.39, 0.29) is 18.8 Å². The van der Waals surface area contributed by atoms with Crippen molar-refractivity contribution in [1.82, 2.24) is 4.98 Å².